The number of aromatic nitrogens is 3. The Labute approximate surface area is 235 Å². The molecule has 0 saturated carbocycles. The summed E-state index contributed by atoms with van der Waals surface area (Å²) in [6.45, 7) is 11.2. The predicted octanol–water partition coefficient (Wildman–Crippen LogP) is 1.77. The minimum absolute atomic E-state index is 0.0736. The Balaban J connectivity index is 1.41. The number of nitrogens with two attached hydrogens (primary N) is 2. The van der Waals surface area contributed by atoms with E-state index in [0.717, 1.165) is 50.4 Å². The van der Waals surface area contributed by atoms with Crippen molar-refractivity contribution in [1.82, 2.24) is 30.5 Å². The molecule has 0 spiro atoms. The number of piperidine rings is 1. The zero-order valence-corrected chi connectivity index (χ0v) is 23.7. The molecule has 2 aromatic heterocycles. The zero-order valence-electron chi connectivity index (χ0n) is 23.7. The van der Waals surface area contributed by atoms with E-state index in [4.69, 9.17) is 11.5 Å². The van der Waals surface area contributed by atoms with E-state index in [-0.39, 0.29) is 35.4 Å². The molecule has 1 fully saturated rings. The molecule has 0 aliphatic carbocycles. The molecule has 4 rings (SSSR count). The van der Waals surface area contributed by atoms with Crippen LogP contribution in [-0.4, -0.2) is 89.6 Å². The summed E-state index contributed by atoms with van der Waals surface area (Å²) in [6, 6.07) is 7.65. The first-order valence-corrected chi connectivity index (χ1v) is 14.1. The Kier molecular flexibility index (Phi) is 9.78. The van der Waals surface area contributed by atoms with Crippen LogP contribution in [0, 0.1) is 0 Å². The number of nitrogens with zero attached hydrogens (tertiary/aromatic N) is 4. The van der Waals surface area contributed by atoms with Gasteiger partial charge in [0.05, 0.1) is 11.4 Å². The van der Waals surface area contributed by atoms with Crippen molar-refractivity contribution in [2.45, 2.75) is 45.7 Å². The third-order valence-electron chi connectivity index (χ3n) is 7.34. The van der Waals surface area contributed by atoms with Crippen molar-refractivity contribution < 1.29 is 9.59 Å². The van der Waals surface area contributed by atoms with Crippen LogP contribution in [0.1, 0.15) is 54.5 Å². The highest BCUT2D eigenvalue weighted by Crippen LogP contribution is 2.29. The number of anilines is 3. The lowest BCUT2D eigenvalue weighted by Gasteiger charge is -2.32. The minimum Gasteiger partial charge on any atom is -0.384 e. The number of hydrogen-bond donors (Lipinski definition) is 6. The fourth-order valence-electron chi connectivity index (χ4n) is 5.06. The van der Waals surface area contributed by atoms with Crippen molar-refractivity contribution in [3.63, 3.8) is 0 Å². The number of carbonyl (C=O) groups excluding carboxylic acids is 2. The summed E-state index contributed by atoms with van der Waals surface area (Å²) in [5.41, 5.74) is 15.6. The molecule has 12 heteroatoms. The Morgan fingerprint density at radius 2 is 1.93 bits per heavy atom. The molecule has 1 aromatic carbocycles. The highest BCUT2D eigenvalue weighted by molar-refractivity contribution is 5.98. The van der Waals surface area contributed by atoms with Crippen LogP contribution in [0.5, 0.6) is 0 Å². The predicted molar refractivity (Wildman–Crippen MR) is 160 cm³/mol. The van der Waals surface area contributed by atoms with Crippen LogP contribution in [-0.2, 0) is 0 Å². The number of carbonyl (C=O) groups is 2. The average Bonchev–Trinajstić information content (AvgIpc) is 3.40. The van der Waals surface area contributed by atoms with Gasteiger partial charge in [-0.2, -0.15) is 0 Å². The standard InChI is InChI=1S/C28H42N10O2/c1-4-31-21-7-6-19(27(39)33-12-15-37-13-9-20(29)10-14-37)16-23(21)38(5-2)18(3)17-34-28(40)24-25(30)36-26-22(35-24)8-11-32-26/h6-8,11,16,18,20,31H,4-5,9-10,12-15,17,29H2,1-3H3,(H,33,39)(H,34,40)(H3,30,32,36). The molecular formula is C28H42N10O2. The second kappa shape index (κ2) is 13.4. The van der Waals surface area contributed by atoms with E-state index in [1.807, 2.05) is 32.0 Å². The molecule has 12 nitrogen and oxygen atoms in total. The second-order valence-corrected chi connectivity index (χ2v) is 10.2. The van der Waals surface area contributed by atoms with Gasteiger partial charge >= 0.3 is 0 Å². The van der Waals surface area contributed by atoms with Gasteiger partial charge in [0, 0.05) is 56.6 Å². The van der Waals surface area contributed by atoms with Gasteiger partial charge in [0.2, 0.25) is 0 Å². The lowest BCUT2D eigenvalue weighted by Crippen LogP contribution is -2.43. The van der Waals surface area contributed by atoms with E-state index >= 15 is 0 Å². The molecule has 40 heavy (non-hydrogen) atoms. The molecule has 3 heterocycles. The van der Waals surface area contributed by atoms with E-state index in [9.17, 15) is 9.59 Å². The summed E-state index contributed by atoms with van der Waals surface area (Å²) in [7, 11) is 0. The van der Waals surface area contributed by atoms with Crippen molar-refractivity contribution >= 4 is 40.2 Å². The smallest absolute Gasteiger partial charge is 0.273 e. The SMILES string of the molecule is CCNc1ccc(C(=O)NCCN2CCC(N)CC2)cc1N(CC)C(C)CNC(=O)c1nc2cc[nH]c2nc1N. The Morgan fingerprint density at radius 3 is 2.65 bits per heavy atom. The van der Waals surface area contributed by atoms with Gasteiger partial charge in [-0.1, -0.05) is 0 Å². The normalized spacial score (nSPS) is 15.1. The van der Waals surface area contributed by atoms with Crippen LogP contribution in [0.2, 0.25) is 0 Å². The summed E-state index contributed by atoms with van der Waals surface area (Å²) in [6.07, 6.45) is 3.70. The van der Waals surface area contributed by atoms with Gasteiger partial charge in [0.15, 0.2) is 17.2 Å². The van der Waals surface area contributed by atoms with Crippen LogP contribution in [0.4, 0.5) is 17.2 Å². The van der Waals surface area contributed by atoms with Crippen LogP contribution in [0.25, 0.3) is 11.2 Å². The topological polar surface area (TPSA) is 170 Å². The van der Waals surface area contributed by atoms with Crippen LogP contribution < -0.4 is 32.3 Å². The third kappa shape index (κ3) is 6.99. The quantitative estimate of drug-likeness (QED) is 0.197. The zero-order chi connectivity index (χ0) is 28.6. The number of rotatable bonds is 12. The number of likely N-dealkylation sites (N-methyl/N-ethyl adjacent to an activating group) is 1. The second-order valence-electron chi connectivity index (χ2n) is 10.2. The largest absolute Gasteiger partial charge is 0.384 e. The maximum atomic E-state index is 13.0. The molecule has 8 N–H and O–H groups in total. The van der Waals surface area contributed by atoms with E-state index < -0.39 is 0 Å². The molecular weight excluding hydrogens is 508 g/mol. The fraction of sp³-hybridized carbons (Fsp3) is 0.500. The molecule has 1 atom stereocenters. The van der Waals surface area contributed by atoms with Crippen molar-refractivity contribution in [2.75, 3.05) is 61.8 Å². The number of amides is 2. The van der Waals surface area contributed by atoms with Gasteiger partial charge in [-0.3, -0.25) is 9.59 Å². The Hall–Kier alpha value is -3.90. The molecule has 1 aliphatic rings. The number of benzene rings is 1. The third-order valence-corrected chi connectivity index (χ3v) is 7.34. The van der Waals surface area contributed by atoms with E-state index in [0.29, 0.717) is 36.4 Å². The number of aromatic amines is 1. The highest BCUT2D eigenvalue weighted by atomic mass is 16.2. The van der Waals surface area contributed by atoms with Gasteiger partial charge in [-0.15, -0.1) is 0 Å². The number of hydrogen-bond acceptors (Lipinski definition) is 9. The molecule has 1 unspecified atom stereocenters. The summed E-state index contributed by atoms with van der Waals surface area (Å²) >= 11 is 0. The highest BCUT2D eigenvalue weighted by Gasteiger charge is 2.21. The van der Waals surface area contributed by atoms with Crippen LogP contribution in [0.3, 0.4) is 0 Å². The molecule has 3 aromatic rings. The molecule has 2 amide bonds. The first-order valence-electron chi connectivity index (χ1n) is 14.1. The lowest BCUT2D eigenvalue weighted by atomic mass is 10.1. The van der Waals surface area contributed by atoms with Gasteiger partial charge in [-0.05, 0) is 71.0 Å². The molecule has 216 valence electrons. The van der Waals surface area contributed by atoms with Crippen molar-refractivity contribution in [2.24, 2.45) is 5.73 Å². The van der Waals surface area contributed by atoms with Crippen molar-refractivity contribution in [3.8, 4) is 0 Å². The maximum absolute atomic E-state index is 13.0. The van der Waals surface area contributed by atoms with E-state index in [2.05, 4.69) is 47.6 Å². The van der Waals surface area contributed by atoms with Crippen molar-refractivity contribution in [3.05, 3.63) is 41.7 Å². The molecule has 0 radical (unpaired) electrons. The monoisotopic (exact) mass is 550 g/mol. The van der Waals surface area contributed by atoms with Gasteiger partial charge in [0.1, 0.15) is 5.52 Å². The average molecular weight is 551 g/mol. The fourth-order valence-corrected chi connectivity index (χ4v) is 5.06. The number of nitrogen functional groups attached to an aromatic ring is 1. The van der Waals surface area contributed by atoms with Gasteiger partial charge in [0.25, 0.3) is 11.8 Å². The maximum Gasteiger partial charge on any atom is 0.273 e. The van der Waals surface area contributed by atoms with E-state index in [1.54, 1.807) is 12.3 Å². The lowest BCUT2D eigenvalue weighted by molar-refractivity contribution is 0.0939. The number of fused-ring (bicyclic) bond motifs is 1. The first-order chi connectivity index (χ1) is 19.3. The minimum atomic E-state index is -0.383. The summed E-state index contributed by atoms with van der Waals surface area (Å²) in [5.74, 6) is -0.416. The molecule has 1 aliphatic heterocycles. The number of nitrogens with one attached hydrogen (secondary N) is 4. The Bertz CT molecular complexity index is 1300. The first kappa shape index (κ1) is 29.1. The van der Waals surface area contributed by atoms with Crippen LogP contribution in [0.15, 0.2) is 30.5 Å². The van der Waals surface area contributed by atoms with Crippen molar-refractivity contribution in [1.29, 1.82) is 0 Å². The summed E-state index contributed by atoms with van der Waals surface area (Å²) in [5, 5.41) is 9.41. The van der Waals surface area contributed by atoms with Gasteiger partial charge < -0.3 is 42.2 Å². The number of likely N-dealkylation sites (tertiary alicyclic amines) is 1. The molecule has 1 saturated heterocycles. The summed E-state index contributed by atoms with van der Waals surface area (Å²) < 4.78 is 0. The van der Waals surface area contributed by atoms with Gasteiger partial charge in [-0.25, -0.2) is 9.97 Å². The molecule has 0 bridgehead atoms. The van der Waals surface area contributed by atoms with E-state index in [1.165, 1.54) is 0 Å². The Morgan fingerprint density at radius 1 is 1.15 bits per heavy atom. The van der Waals surface area contributed by atoms with Crippen LogP contribution >= 0.6 is 0 Å². The summed E-state index contributed by atoms with van der Waals surface area (Å²) in [4.78, 5) is 42.0. The number of H-pyrrole nitrogens is 1.